The zero-order valence-electron chi connectivity index (χ0n) is 11.3. The third-order valence-electron chi connectivity index (χ3n) is 3.82. The molecule has 2 aliphatic rings. The van der Waals surface area contributed by atoms with E-state index in [0.717, 1.165) is 29.7 Å². The van der Waals surface area contributed by atoms with Crippen LogP contribution >= 0.6 is 0 Å². The van der Waals surface area contributed by atoms with Gasteiger partial charge in [-0.15, -0.1) is 0 Å². The number of hydrogen-bond acceptors (Lipinski definition) is 5. The number of oxime groups is 1. The fraction of sp³-hybridized carbons (Fsp3) is 0.500. The Bertz CT molecular complexity index is 527. The number of fused-ring (bicyclic) bond motifs is 3. The smallest absolute Gasteiger partial charge is 0.203 e. The highest BCUT2D eigenvalue weighted by atomic mass is 16.6. The van der Waals surface area contributed by atoms with Crippen molar-refractivity contribution in [2.45, 2.75) is 18.9 Å². The second-order valence-electron chi connectivity index (χ2n) is 4.70. The Hall–Kier alpha value is -1.91. The predicted molar refractivity (Wildman–Crippen MR) is 70.2 cm³/mol. The van der Waals surface area contributed by atoms with E-state index in [2.05, 4.69) is 5.16 Å². The van der Waals surface area contributed by atoms with Gasteiger partial charge in [0, 0.05) is 17.0 Å². The highest BCUT2D eigenvalue weighted by Crippen LogP contribution is 2.49. The predicted octanol–water partition coefficient (Wildman–Crippen LogP) is 2.33. The van der Waals surface area contributed by atoms with Crippen molar-refractivity contribution in [3.05, 3.63) is 17.2 Å². The Labute approximate surface area is 112 Å². The summed E-state index contributed by atoms with van der Waals surface area (Å²) < 4.78 is 16.3. The number of nitrogens with zero attached hydrogens (tertiary/aromatic N) is 1. The Morgan fingerprint density at radius 2 is 1.95 bits per heavy atom. The van der Waals surface area contributed by atoms with E-state index in [9.17, 15) is 0 Å². The van der Waals surface area contributed by atoms with Gasteiger partial charge in [-0.2, -0.15) is 0 Å². The Morgan fingerprint density at radius 1 is 1.16 bits per heavy atom. The lowest BCUT2D eigenvalue weighted by Gasteiger charge is -2.28. The topological polar surface area (TPSA) is 49.3 Å². The second kappa shape index (κ2) is 4.64. The molecule has 19 heavy (non-hydrogen) atoms. The molecule has 1 aromatic carbocycles. The molecule has 1 aliphatic carbocycles. The van der Waals surface area contributed by atoms with Crippen LogP contribution in [0.1, 0.15) is 23.7 Å². The molecule has 0 aromatic heterocycles. The molecule has 5 nitrogen and oxygen atoms in total. The summed E-state index contributed by atoms with van der Waals surface area (Å²) in [7, 11) is 4.89. The second-order valence-corrected chi connectivity index (χ2v) is 4.70. The van der Waals surface area contributed by atoms with Gasteiger partial charge in [0.25, 0.3) is 0 Å². The van der Waals surface area contributed by atoms with Crippen molar-refractivity contribution < 1.29 is 19.0 Å². The third-order valence-corrected chi connectivity index (χ3v) is 3.82. The van der Waals surface area contributed by atoms with Crippen LogP contribution < -0.4 is 14.2 Å². The standard InChI is InChI=1S/C14H17NO4/c1-16-11-6-10-9(13(17-2)14(11)18-3)5-4-8-7-15-19-12(8)10/h6-8,12H,4-5H2,1-3H3/t8-,12+/m0/s1. The van der Waals surface area contributed by atoms with E-state index in [4.69, 9.17) is 19.0 Å². The van der Waals surface area contributed by atoms with Gasteiger partial charge in [0.15, 0.2) is 17.6 Å². The highest BCUT2D eigenvalue weighted by molar-refractivity contribution is 5.67. The molecule has 0 amide bonds. The minimum absolute atomic E-state index is 0.0301. The molecule has 102 valence electrons. The number of ether oxygens (including phenoxy) is 3. The van der Waals surface area contributed by atoms with Gasteiger partial charge in [-0.05, 0) is 18.9 Å². The minimum Gasteiger partial charge on any atom is -0.493 e. The van der Waals surface area contributed by atoms with Crippen molar-refractivity contribution in [2.24, 2.45) is 11.1 Å². The highest BCUT2D eigenvalue weighted by Gasteiger charge is 2.37. The molecule has 2 atom stereocenters. The van der Waals surface area contributed by atoms with Crippen molar-refractivity contribution in [1.29, 1.82) is 0 Å². The lowest BCUT2D eigenvalue weighted by atomic mass is 9.81. The largest absolute Gasteiger partial charge is 0.493 e. The number of rotatable bonds is 3. The summed E-state index contributed by atoms with van der Waals surface area (Å²) in [6.07, 6.45) is 3.79. The van der Waals surface area contributed by atoms with Crippen LogP contribution in [0.2, 0.25) is 0 Å². The van der Waals surface area contributed by atoms with E-state index in [1.54, 1.807) is 21.3 Å². The van der Waals surface area contributed by atoms with Gasteiger partial charge in [0.2, 0.25) is 5.75 Å². The molecule has 0 bridgehead atoms. The maximum absolute atomic E-state index is 5.52. The summed E-state index contributed by atoms with van der Waals surface area (Å²) in [6, 6.07) is 1.97. The van der Waals surface area contributed by atoms with E-state index >= 15 is 0 Å². The van der Waals surface area contributed by atoms with Crippen molar-refractivity contribution in [3.63, 3.8) is 0 Å². The monoisotopic (exact) mass is 263 g/mol. The van der Waals surface area contributed by atoms with Crippen LogP contribution in [0, 0.1) is 5.92 Å². The lowest BCUT2D eigenvalue weighted by molar-refractivity contribution is 0.0535. The molecule has 0 saturated heterocycles. The van der Waals surface area contributed by atoms with Gasteiger partial charge in [-0.1, -0.05) is 5.16 Å². The molecule has 0 saturated carbocycles. The van der Waals surface area contributed by atoms with Gasteiger partial charge in [0.1, 0.15) is 0 Å². The molecular formula is C14H17NO4. The van der Waals surface area contributed by atoms with Crippen LogP contribution in [0.5, 0.6) is 17.2 Å². The van der Waals surface area contributed by atoms with Gasteiger partial charge < -0.3 is 19.0 Å². The first kappa shape index (κ1) is 12.1. The van der Waals surface area contributed by atoms with Crippen molar-refractivity contribution in [1.82, 2.24) is 0 Å². The van der Waals surface area contributed by atoms with Gasteiger partial charge in [0.05, 0.1) is 27.5 Å². The lowest BCUT2D eigenvalue weighted by Crippen LogP contribution is -2.20. The summed E-state index contributed by atoms with van der Waals surface area (Å²) in [5, 5.41) is 3.94. The molecule has 0 spiro atoms. The quantitative estimate of drug-likeness (QED) is 0.839. The first-order valence-electron chi connectivity index (χ1n) is 6.31. The average molecular weight is 263 g/mol. The van der Waals surface area contributed by atoms with Gasteiger partial charge >= 0.3 is 0 Å². The number of methoxy groups -OCH3 is 3. The number of benzene rings is 1. The molecule has 0 N–H and O–H groups in total. The average Bonchev–Trinajstić information content (AvgIpc) is 2.93. The third kappa shape index (κ3) is 1.72. The fourth-order valence-corrected chi connectivity index (χ4v) is 2.91. The van der Waals surface area contributed by atoms with Gasteiger partial charge in [-0.25, -0.2) is 0 Å². The van der Waals surface area contributed by atoms with Crippen molar-refractivity contribution in [3.8, 4) is 17.2 Å². The van der Waals surface area contributed by atoms with Crippen LogP contribution in [0.15, 0.2) is 11.2 Å². The SMILES string of the molecule is COc1cc2c(c(OC)c1OC)CC[C@H]1C=NO[C@@H]21. The maximum Gasteiger partial charge on any atom is 0.203 e. The zero-order valence-corrected chi connectivity index (χ0v) is 11.3. The molecule has 0 radical (unpaired) electrons. The Balaban J connectivity index is 2.17. The zero-order chi connectivity index (χ0) is 13.4. The van der Waals surface area contributed by atoms with E-state index in [1.807, 2.05) is 12.3 Å². The molecule has 1 heterocycles. The van der Waals surface area contributed by atoms with E-state index in [1.165, 1.54) is 0 Å². The normalized spacial score (nSPS) is 23.3. The van der Waals surface area contributed by atoms with E-state index < -0.39 is 0 Å². The minimum atomic E-state index is -0.0301. The van der Waals surface area contributed by atoms with E-state index in [0.29, 0.717) is 17.4 Å². The first-order chi connectivity index (χ1) is 9.30. The summed E-state index contributed by atoms with van der Waals surface area (Å²) in [6.45, 7) is 0. The summed E-state index contributed by atoms with van der Waals surface area (Å²) in [5.74, 6) is 2.39. The van der Waals surface area contributed by atoms with Crippen LogP contribution in [0.3, 0.4) is 0 Å². The Kier molecular flexibility index (Phi) is 2.97. The fourth-order valence-electron chi connectivity index (χ4n) is 2.91. The van der Waals surface area contributed by atoms with Crippen LogP contribution in [-0.2, 0) is 11.3 Å². The molecule has 1 aliphatic heterocycles. The molecule has 0 unspecified atom stereocenters. The van der Waals surface area contributed by atoms with Crippen LogP contribution in [-0.4, -0.2) is 27.5 Å². The maximum atomic E-state index is 5.52. The molecule has 3 rings (SSSR count). The van der Waals surface area contributed by atoms with Crippen molar-refractivity contribution in [2.75, 3.05) is 21.3 Å². The molecule has 5 heteroatoms. The first-order valence-corrected chi connectivity index (χ1v) is 6.31. The van der Waals surface area contributed by atoms with Crippen molar-refractivity contribution >= 4 is 6.21 Å². The molecule has 0 fully saturated rings. The molecular weight excluding hydrogens is 246 g/mol. The Morgan fingerprint density at radius 3 is 2.63 bits per heavy atom. The van der Waals surface area contributed by atoms with E-state index in [-0.39, 0.29) is 6.10 Å². The summed E-state index contributed by atoms with van der Waals surface area (Å²) >= 11 is 0. The van der Waals surface area contributed by atoms with Crippen LogP contribution in [0.4, 0.5) is 0 Å². The molecule has 1 aromatic rings. The summed E-state index contributed by atoms with van der Waals surface area (Å²) in [4.78, 5) is 5.47. The number of hydrogen-bond donors (Lipinski definition) is 0. The van der Waals surface area contributed by atoms with Crippen LogP contribution in [0.25, 0.3) is 0 Å². The summed E-state index contributed by atoms with van der Waals surface area (Å²) in [5.41, 5.74) is 2.22. The van der Waals surface area contributed by atoms with Gasteiger partial charge in [-0.3, -0.25) is 0 Å².